The van der Waals surface area contributed by atoms with E-state index in [2.05, 4.69) is 0 Å². The van der Waals surface area contributed by atoms with Crippen LogP contribution in [0.1, 0.15) is 58.8 Å². The number of rotatable bonds is 5. The average Bonchev–Trinajstić information content (AvgIpc) is 3.18. The number of para-hydroxylation sites is 1. The van der Waals surface area contributed by atoms with Gasteiger partial charge in [-0.05, 0) is 48.9 Å². The number of phenolic OH excluding ortho intramolecular Hbond substituents is 1. The van der Waals surface area contributed by atoms with Gasteiger partial charge in [0.1, 0.15) is 17.4 Å². The van der Waals surface area contributed by atoms with Gasteiger partial charge in [-0.1, -0.05) is 31.4 Å². The van der Waals surface area contributed by atoms with Crippen LogP contribution in [0.3, 0.4) is 0 Å². The Bertz CT molecular complexity index is 1030. The molecule has 6 heteroatoms. The second kappa shape index (κ2) is 7.60. The number of carbonyl (C=O) groups is 1. The zero-order chi connectivity index (χ0) is 19.8. The van der Waals surface area contributed by atoms with E-state index in [-0.39, 0.29) is 5.75 Å². The third kappa shape index (κ3) is 3.01. The quantitative estimate of drug-likeness (QED) is 0.574. The van der Waals surface area contributed by atoms with Gasteiger partial charge >= 0.3 is 5.97 Å². The van der Waals surface area contributed by atoms with Crippen molar-refractivity contribution in [1.82, 2.24) is 4.57 Å². The topological polar surface area (TPSA) is 71.7 Å². The van der Waals surface area contributed by atoms with Crippen molar-refractivity contribution in [3.8, 4) is 17.0 Å². The summed E-state index contributed by atoms with van der Waals surface area (Å²) in [5.41, 5.74) is 4.60. The number of aryl methyl sites for hydroxylation is 1. The van der Waals surface area contributed by atoms with Crippen LogP contribution in [-0.2, 0) is 11.5 Å². The third-order valence-corrected chi connectivity index (χ3v) is 7.08. The van der Waals surface area contributed by atoms with E-state index in [1.54, 1.807) is 13.2 Å². The van der Waals surface area contributed by atoms with Crippen LogP contribution in [0.5, 0.6) is 5.75 Å². The molecule has 0 aliphatic heterocycles. The molecule has 3 aromatic rings. The van der Waals surface area contributed by atoms with Crippen LogP contribution < -0.4 is 0 Å². The first-order valence-electron chi connectivity index (χ1n) is 9.70. The summed E-state index contributed by atoms with van der Waals surface area (Å²) in [4.78, 5) is 12.2. The van der Waals surface area contributed by atoms with Gasteiger partial charge in [-0.15, -0.1) is 11.3 Å². The normalized spacial score (nSPS) is 15.4. The van der Waals surface area contributed by atoms with E-state index in [1.165, 1.54) is 36.2 Å². The molecule has 2 N–H and O–H groups in total. The van der Waals surface area contributed by atoms with Crippen LogP contribution in [0.2, 0.25) is 0 Å². The molecule has 1 aliphatic carbocycles. The molecule has 2 heterocycles. The number of phenols is 1. The van der Waals surface area contributed by atoms with Gasteiger partial charge in [-0.3, -0.25) is 0 Å². The lowest BCUT2D eigenvalue weighted by Crippen LogP contribution is -2.08. The summed E-state index contributed by atoms with van der Waals surface area (Å²) in [6.07, 6.45) is 5.78. The third-order valence-electron chi connectivity index (χ3n) is 5.78. The molecule has 4 rings (SSSR count). The molecule has 1 fully saturated rings. The lowest BCUT2D eigenvalue weighted by atomic mass is 9.83. The van der Waals surface area contributed by atoms with E-state index in [0.717, 1.165) is 39.9 Å². The number of carboxylic acids is 1. The number of aromatic carboxylic acids is 1. The zero-order valence-corrected chi connectivity index (χ0v) is 17.0. The van der Waals surface area contributed by atoms with E-state index in [0.29, 0.717) is 17.5 Å². The standard InChI is InChI=1S/C22H25NO4S/c1-13-18-21(28-20(13)22(25)26)17(14-8-4-3-5-9-14)19(23(18)12-27-2)15-10-6-7-11-16(15)24/h6-7,10-11,14,24H,3-5,8-9,12H2,1-2H3,(H,25,26). The van der Waals surface area contributed by atoms with Crippen molar-refractivity contribution in [3.63, 3.8) is 0 Å². The average molecular weight is 400 g/mol. The SMILES string of the molecule is COCn1c(-c2ccccc2O)c(C2CCCCC2)c2sc(C(=O)O)c(C)c21. The summed E-state index contributed by atoms with van der Waals surface area (Å²) >= 11 is 1.36. The molecule has 1 aliphatic rings. The van der Waals surface area contributed by atoms with Crippen molar-refractivity contribution in [2.24, 2.45) is 0 Å². The molecular formula is C22H25NO4S. The number of aromatic nitrogens is 1. The Morgan fingerprint density at radius 3 is 2.61 bits per heavy atom. The lowest BCUT2D eigenvalue weighted by Gasteiger charge is -2.23. The molecule has 28 heavy (non-hydrogen) atoms. The molecule has 5 nitrogen and oxygen atoms in total. The van der Waals surface area contributed by atoms with E-state index < -0.39 is 5.97 Å². The first-order chi connectivity index (χ1) is 13.5. The number of nitrogens with zero attached hydrogens (tertiary/aromatic N) is 1. The highest BCUT2D eigenvalue weighted by Gasteiger charge is 2.31. The minimum Gasteiger partial charge on any atom is -0.507 e. The molecule has 0 saturated heterocycles. The Morgan fingerprint density at radius 2 is 1.96 bits per heavy atom. The molecule has 2 aromatic heterocycles. The van der Waals surface area contributed by atoms with E-state index in [4.69, 9.17) is 4.74 Å². The molecule has 1 aromatic carbocycles. The molecule has 0 amide bonds. The fraction of sp³-hybridized carbons (Fsp3) is 0.409. The molecule has 0 atom stereocenters. The Hall–Kier alpha value is -2.31. The largest absolute Gasteiger partial charge is 0.507 e. The number of thiophene rings is 1. The number of benzene rings is 1. The molecular weight excluding hydrogens is 374 g/mol. The highest BCUT2D eigenvalue weighted by molar-refractivity contribution is 7.21. The predicted molar refractivity (Wildman–Crippen MR) is 111 cm³/mol. The second-order valence-electron chi connectivity index (χ2n) is 7.50. The predicted octanol–water partition coefficient (Wildman–Crippen LogP) is 5.73. The number of hydrogen-bond acceptors (Lipinski definition) is 4. The molecule has 0 radical (unpaired) electrons. The monoisotopic (exact) mass is 399 g/mol. The van der Waals surface area contributed by atoms with Gasteiger partial charge in [0.05, 0.1) is 15.9 Å². The Morgan fingerprint density at radius 1 is 1.25 bits per heavy atom. The Labute approximate surface area is 168 Å². The number of carboxylic acid groups (broad SMARTS) is 1. The number of aromatic hydroxyl groups is 1. The molecule has 0 spiro atoms. The van der Waals surface area contributed by atoms with Crippen LogP contribution in [0.15, 0.2) is 24.3 Å². The van der Waals surface area contributed by atoms with Crippen LogP contribution in [-0.4, -0.2) is 27.9 Å². The summed E-state index contributed by atoms with van der Waals surface area (Å²) in [5.74, 6) is -0.289. The molecule has 1 saturated carbocycles. The number of fused-ring (bicyclic) bond motifs is 1. The van der Waals surface area contributed by atoms with Crippen LogP contribution in [0.25, 0.3) is 21.5 Å². The Balaban J connectivity index is 2.09. The lowest BCUT2D eigenvalue weighted by molar-refractivity contribution is 0.0701. The van der Waals surface area contributed by atoms with E-state index >= 15 is 0 Å². The summed E-state index contributed by atoms with van der Waals surface area (Å²) < 4.78 is 8.58. The number of methoxy groups -OCH3 is 1. The summed E-state index contributed by atoms with van der Waals surface area (Å²) in [7, 11) is 1.64. The molecule has 0 bridgehead atoms. The van der Waals surface area contributed by atoms with Crippen LogP contribution in [0, 0.1) is 6.92 Å². The maximum atomic E-state index is 11.8. The van der Waals surface area contributed by atoms with Crippen molar-refractivity contribution in [2.75, 3.05) is 7.11 Å². The van der Waals surface area contributed by atoms with Crippen molar-refractivity contribution < 1.29 is 19.7 Å². The van der Waals surface area contributed by atoms with Crippen LogP contribution >= 0.6 is 11.3 Å². The van der Waals surface area contributed by atoms with Gasteiger partial charge in [0, 0.05) is 12.7 Å². The van der Waals surface area contributed by atoms with Crippen molar-refractivity contribution in [1.29, 1.82) is 0 Å². The van der Waals surface area contributed by atoms with Gasteiger partial charge < -0.3 is 19.5 Å². The smallest absolute Gasteiger partial charge is 0.346 e. The Kier molecular flexibility index (Phi) is 5.17. The highest BCUT2D eigenvalue weighted by atomic mass is 32.1. The zero-order valence-electron chi connectivity index (χ0n) is 16.2. The maximum absolute atomic E-state index is 11.8. The maximum Gasteiger partial charge on any atom is 0.346 e. The number of hydrogen-bond donors (Lipinski definition) is 2. The van der Waals surface area contributed by atoms with E-state index in [9.17, 15) is 15.0 Å². The molecule has 148 valence electrons. The van der Waals surface area contributed by atoms with Crippen molar-refractivity contribution >= 4 is 27.5 Å². The summed E-state index contributed by atoms with van der Waals surface area (Å²) in [6.45, 7) is 2.18. The summed E-state index contributed by atoms with van der Waals surface area (Å²) in [5, 5.41) is 20.3. The number of ether oxygens (including phenoxy) is 1. The fourth-order valence-corrected chi connectivity index (χ4v) is 5.85. The summed E-state index contributed by atoms with van der Waals surface area (Å²) in [6, 6.07) is 7.38. The highest BCUT2D eigenvalue weighted by Crippen LogP contribution is 2.49. The van der Waals surface area contributed by atoms with Crippen molar-refractivity contribution in [3.05, 3.63) is 40.3 Å². The van der Waals surface area contributed by atoms with Gasteiger partial charge in [-0.25, -0.2) is 4.79 Å². The van der Waals surface area contributed by atoms with Crippen molar-refractivity contribution in [2.45, 2.75) is 51.7 Å². The minimum atomic E-state index is -0.888. The first kappa shape index (κ1) is 19.0. The van der Waals surface area contributed by atoms with Crippen LogP contribution in [0.4, 0.5) is 0 Å². The van der Waals surface area contributed by atoms with Gasteiger partial charge in [0.15, 0.2) is 0 Å². The minimum absolute atomic E-state index is 0.234. The van der Waals surface area contributed by atoms with Gasteiger partial charge in [-0.2, -0.15) is 0 Å². The van der Waals surface area contributed by atoms with E-state index in [1.807, 2.05) is 29.7 Å². The second-order valence-corrected chi connectivity index (χ2v) is 8.52. The fourth-order valence-electron chi connectivity index (χ4n) is 4.57. The van der Waals surface area contributed by atoms with Gasteiger partial charge in [0.25, 0.3) is 0 Å². The molecule has 0 unspecified atom stereocenters. The first-order valence-corrected chi connectivity index (χ1v) is 10.5. The van der Waals surface area contributed by atoms with Gasteiger partial charge in [0.2, 0.25) is 0 Å².